The van der Waals surface area contributed by atoms with Crippen LogP contribution in [0.25, 0.3) is 0 Å². The van der Waals surface area contributed by atoms with Crippen molar-refractivity contribution in [1.29, 1.82) is 0 Å². The summed E-state index contributed by atoms with van der Waals surface area (Å²) in [6.45, 7) is 3.63. The SMILES string of the molecule is CCN(Cc1ccccc1)c1ccc(NC(=O)COc2ccc(Cl)cc2)cn1. The molecule has 0 atom stereocenters. The number of halogens is 1. The number of carbonyl (C=O) groups excluding carboxylic acids is 1. The van der Waals surface area contributed by atoms with Crippen LogP contribution in [0.15, 0.2) is 72.9 Å². The Morgan fingerprint density at radius 3 is 2.46 bits per heavy atom. The van der Waals surface area contributed by atoms with Gasteiger partial charge in [-0.1, -0.05) is 41.9 Å². The van der Waals surface area contributed by atoms with Gasteiger partial charge in [0.1, 0.15) is 11.6 Å². The summed E-state index contributed by atoms with van der Waals surface area (Å²) in [5.74, 6) is 1.20. The zero-order valence-corrected chi connectivity index (χ0v) is 16.4. The van der Waals surface area contributed by atoms with E-state index in [1.165, 1.54) is 5.56 Å². The highest BCUT2D eigenvalue weighted by Gasteiger charge is 2.08. The first kappa shape index (κ1) is 19.7. The van der Waals surface area contributed by atoms with Gasteiger partial charge >= 0.3 is 0 Å². The van der Waals surface area contributed by atoms with Gasteiger partial charge in [0.05, 0.1) is 11.9 Å². The smallest absolute Gasteiger partial charge is 0.262 e. The number of aromatic nitrogens is 1. The number of benzene rings is 2. The third kappa shape index (κ3) is 5.72. The summed E-state index contributed by atoms with van der Waals surface area (Å²) in [7, 11) is 0. The van der Waals surface area contributed by atoms with E-state index in [4.69, 9.17) is 16.3 Å². The molecule has 0 bridgehead atoms. The fraction of sp³-hybridized carbons (Fsp3) is 0.182. The van der Waals surface area contributed by atoms with Gasteiger partial charge in [-0.15, -0.1) is 0 Å². The van der Waals surface area contributed by atoms with E-state index in [1.54, 1.807) is 30.5 Å². The van der Waals surface area contributed by atoms with Crippen LogP contribution in [0.5, 0.6) is 5.75 Å². The molecule has 3 aromatic rings. The Labute approximate surface area is 169 Å². The third-order valence-electron chi connectivity index (χ3n) is 4.14. The Bertz CT molecular complexity index is 884. The minimum absolute atomic E-state index is 0.0848. The molecule has 0 aliphatic carbocycles. The highest BCUT2D eigenvalue weighted by molar-refractivity contribution is 6.30. The molecule has 0 radical (unpaired) electrons. The summed E-state index contributed by atoms with van der Waals surface area (Å²) in [6.07, 6.45) is 1.66. The second kappa shape index (κ2) is 9.76. The van der Waals surface area contributed by atoms with E-state index >= 15 is 0 Å². The summed E-state index contributed by atoms with van der Waals surface area (Å²) in [6, 6.07) is 20.9. The Balaban J connectivity index is 1.54. The van der Waals surface area contributed by atoms with Gasteiger partial charge in [-0.05, 0) is 48.9 Å². The average molecular weight is 396 g/mol. The normalized spacial score (nSPS) is 10.4. The molecule has 0 fully saturated rings. The average Bonchev–Trinajstić information content (AvgIpc) is 2.73. The van der Waals surface area contributed by atoms with Gasteiger partial charge in [0, 0.05) is 18.1 Å². The predicted octanol–water partition coefficient (Wildman–Crippen LogP) is 4.78. The van der Waals surface area contributed by atoms with Crippen molar-refractivity contribution >= 4 is 29.0 Å². The molecule has 1 aromatic heterocycles. The molecule has 0 aliphatic heterocycles. The first-order valence-corrected chi connectivity index (χ1v) is 9.45. The number of rotatable bonds is 8. The van der Waals surface area contributed by atoms with Crippen molar-refractivity contribution in [2.75, 3.05) is 23.4 Å². The molecule has 3 rings (SSSR count). The van der Waals surface area contributed by atoms with E-state index in [1.807, 2.05) is 30.3 Å². The fourth-order valence-corrected chi connectivity index (χ4v) is 2.81. The molecule has 1 heterocycles. The van der Waals surface area contributed by atoms with Gasteiger partial charge in [0.25, 0.3) is 5.91 Å². The number of pyridine rings is 1. The maximum atomic E-state index is 12.1. The molecule has 144 valence electrons. The summed E-state index contributed by atoms with van der Waals surface area (Å²) < 4.78 is 5.44. The van der Waals surface area contributed by atoms with Crippen LogP contribution in [0, 0.1) is 0 Å². The molecule has 0 aliphatic rings. The van der Waals surface area contributed by atoms with E-state index in [9.17, 15) is 4.79 Å². The van der Waals surface area contributed by atoms with Crippen molar-refractivity contribution in [3.05, 3.63) is 83.5 Å². The molecule has 0 spiro atoms. The van der Waals surface area contributed by atoms with Crippen LogP contribution >= 0.6 is 11.6 Å². The molecular weight excluding hydrogens is 374 g/mol. The van der Waals surface area contributed by atoms with E-state index in [-0.39, 0.29) is 12.5 Å². The molecule has 28 heavy (non-hydrogen) atoms. The second-order valence-corrected chi connectivity index (χ2v) is 6.63. The minimum atomic E-state index is -0.249. The van der Waals surface area contributed by atoms with Gasteiger partial charge in [-0.25, -0.2) is 4.98 Å². The van der Waals surface area contributed by atoms with Gasteiger partial charge in [-0.3, -0.25) is 4.79 Å². The lowest BCUT2D eigenvalue weighted by atomic mass is 10.2. The van der Waals surface area contributed by atoms with Crippen molar-refractivity contribution < 1.29 is 9.53 Å². The molecule has 6 heteroatoms. The number of hydrogen-bond acceptors (Lipinski definition) is 4. The van der Waals surface area contributed by atoms with E-state index in [2.05, 4.69) is 34.3 Å². The molecule has 0 saturated carbocycles. The first-order chi connectivity index (χ1) is 13.6. The Hall–Kier alpha value is -3.05. The van der Waals surface area contributed by atoms with Crippen LogP contribution in [-0.2, 0) is 11.3 Å². The van der Waals surface area contributed by atoms with Crippen LogP contribution in [0.1, 0.15) is 12.5 Å². The van der Waals surface area contributed by atoms with Crippen molar-refractivity contribution in [1.82, 2.24) is 4.98 Å². The highest BCUT2D eigenvalue weighted by Crippen LogP contribution is 2.18. The molecule has 2 aromatic carbocycles. The van der Waals surface area contributed by atoms with Crippen LogP contribution in [0.3, 0.4) is 0 Å². The van der Waals surface area contributed by atoms with Crippen LogP contribution < -0.4 is 15.0 Å². The van der Waals surface area contributed by atoms with Crippen LogP contribution in [0.2, 0.25) is 5.02 Å². The number of ether oxygens (including phenoxy) is 1. The van der Waals surface area contributed by atoms with Gasteiger partial charge in [0.15, 0.2) is 6.61 Å². The summed E-state index contributed by atoms with van der Waals surface area (Å²) in [5.41, 5.74) is 1.85. The van der Waals surface area contributed by atoms with E-state index in [0.717, 1.165) is 18.9 Å². The number of nitrogens with zero attached hydrogens (tertiary/aromatic N) is 2. The number of carbonyl (C=O) groups is 1. The fourth-order valence-electron chi connectivity index (χ4n) is 2.68. The highest BCUT2D eigenvalue weighted by atomic mass is 35.5. The van der Waals surface area contributed by atoms with Crippen molar-refractivity contribution in [3.63, 3.8) is 0 Å². The van der Waals surface area contributed by atoms with E-state index in [0.29, 0.717) is 16.5 Å². The topological polar surface area (TPSA) is 54.5 Å². The summed E-state index contributed by atoms with van der Waals surface area (Å²) in [4.78, 5) is 18.7. The lowest BCUT2D eigenvalue weighted by Crippen LogP contribution is -2.23. The largest absolute Gasteiger partial charge is 0.484 e. The first-order valence-electron chi connectivity index (χ1n) is 9.07. The summed E-state index contributed by atoms with van der Waals surface area (Å²) in [5, 5.41) is 3.41. The quantitative estimate of drug-likeness (QED) is 0.596. The monoisotopic (exact) mass is 395 g/mol. The Morgan fingerprint density at radius 1 is 1.07 bits per heavy atom. The zero-order chi connectivity index (χ0) is 19.8. The number of anilines is 2. The standard InChI is InChI=1S/C22H22ClN3O2/c1-2-26(15-17-6-4-3-5-7-17)21-13-10-19(14-24-21)25-22(27)16-28-20-11-8-18(23)9-12-20/h3-14H,2,15-16H2,1H3,(H,25,27). The van der Waals surface area contributed by atoms with Gasteiger partial charge < -0.3 is 15.0 Å². The van der Waals surface area contributed by atoms with Crippen LogP contribution in [-0.4, -0.2) is 24.0 Å². The molecule has 0 unspecified atom stereocenters. The van der Waals surface area contributed by atoms with Crippen molar-refractivity contribution in [3.8, 4) is 5.75 Å². The number of hydrogen-bond donors (Lipinski definition) is 1. The molecule has 1 amide bonds. The zero-order valence-electron chi connectivity index (χ0n) is 15.6. The van der Waals surface area contributed by atoms with Crippen molar-refractivity contribution in [2.45, 2.75) is 13.5 Å². The molecular formula is C22H22ClN3O2. The van der Waals surface area contributed by atoms with Gasteiger partial charge in [-0.2, -0.15) is 0 Å². The lowest BCUT2D eigenvalue weighted by molar-refractivity contribution is -0.118. The predicted molar refractivity (Wildman–Crippen MR) is 113 cm³/mol. The molecule has 5 nitrogen and oxygen atoms in total. The Morgan fingerprint density at radius 2 is 1.82 bits per heavy atom. The lowest BCUT2D eigenvalue weighted by Gasteiger charge is -2.22. The Kier molecular flexibility index (Phi) is 6.87. The molecule has 1 N–H and O–H groups in total. The summed E-state index contributed by atoms with van der Waals surface area (Å²) >= 11 is 5.83. The second-order valence-electron chi connectivity index (χ2n) is 6.20. The van der Waals surface area contributed by atoms with Gasteiger partial charge in [0.2, 0.25) is 0 Å². The van der Waals surface area contributed by atoms with Crippen LogP contribution in [0.4, 0.5) is 11.5 Å². The minimum Gasteiger partial charge on any atom is -0.484 e. The number of nitrogens with one attached hydrogen (secondary N) is 1. The number of amides is 1. The van der Waals surface area contributed by atoms with E-state index < -0.39 is 0 Å². The maximum absolute atomic E-state index is 12.1. The third-order valence-corrected chi connectivity index (χ3v) is 4.39. The molecule has 0 saturated heterocycles. The maximum Gasteiger partial charge on any atom is 0.262 e. The van der Waals surface area contributed by atoms with Crippen molar-refractivity contribution in [2.24, 2.45) is 0 Å².